The minimum absolute atomic E-state index is 0.312. The van der Waals surface area contributed by atoms with Crippen molar-refractivity contribution in [2.24, 2.45) is 5.11 Å². The van der Waals surface area contributed by atoms with E-state index in [1.807, 2.05) is 24.3 Å². The molecule has 5 heteroatoms. The van der Waals surface area contributed by atoms with Crippen molar-refractivity contribution in [3.8, 4) is 0 Å². The van der Waals surface area contributed by atoms with Crippen LogP contribution in [0.15, 0.2) is 59.7 Å². The van der Waals surface area contributed by atoms with Crippen LogP contribution in [0.3, 0.4) is 0 Å². The maximum absolute atomic E-state index is 13.8. The molecule has 0 aromatic heterocycles. The molecule has 2 atom stereocenters. The fourth-order valence-corrected chi connectivity index (χ4v) is 3.22. The number of aldehydes is 1. The molecule has 0 saturated heterocycles. The standard InChI is InChI=1S/C18H14FN3O/c1-11(10-23)17-15-5-3-2-4-12(15)8-13-6-7-14(19)9-16(13)18(17)21-22-20/h2-7,9-10,17-18H,1,8H2/t17-,18+/m1/s1. The second-order valence-electron chi connectivity index (χ2n) is 5.54. The lowest BCUT2D eigenvalue weighted by molar-refractivity contribution is -0.105. The van der Waals surface area contributed by atoms with E-state index in [-0.39, 0.29) is 0 Å². The summed E-state index contributed by atoms with van der Waals surface area (Å²) in [6.07, 6.45) is 1.26. The number of rotatable bonds is 3. The zero-order chi connectivity index (χ0) is 16.4. The molecular formula is C18H14FN3O. The van der Waals surface area contributed by atoms with Crippen molar-refractivity contribution in [3.63, 3.8) is 0 Å². The molecule has 0 spiro atoms. The van der Waals surface area contributed by atoms with Gasteiger partial charge in [-0.2, -0.15) is 0 Å². The van der Waals surface area contributed by atoms with Crippen LogP contribution in [0.5, 0.6) is 0 Å². The molecule has 3 rings (SSSR count). The van der Waals surface area contributed by atoms with Crippen molar-refractivity contribution in [3.05, 3.63) is 93.1 Å². The highest BCUT2D eigenvalue weighted by molar-refractivity contribution is 5.76. The van der Waals surface area contributed by atoms with E-state index in [1.165, 1.54) is 12.1 Å². The van der Waals surface area contributed by atoms with E-state index in [0.29, 0.717) is 23.8 Å². The van der Waals surface area contributed by atoms with Crippen LogP contribution in [-0.2, 0) is 11.2 Å². The normalized spacial score (nSPS) is 18.8. The molecule has 2 aromatic rings. The van der Waals surface area contributed by atoms with E-state index in [9.17, 15) is 9.18 Å². The van der Waals surface area contributed by atoms with Crippen LogP contribution in [0.25, 0.3) is 10.4 Å². The van der Waals surface area contributed by atoms with Crippen LogP contribution in [0.1, 0.15) is 34.2 Å². The van der Waals surface area contributed by atoms with Gasteiger partial charge in [-0.1, -0.05) is 42.0 Å². The van der Waals surface area contributed by atoms with Gasteiger partial charge in [0.05, 0.1) is 6.04 Å². The van der Waals surface area contributed by atoms with Gasteiger partial charge in [-0.25, -0.2) is 4.39 Å². The first-order valence-corrected chi connectivity index (χ1v) is 7.20. The molecule has 1 aliphatic carbocycles. The molecule has 1 aliphatic rings. The molecule has 0 radical (unpaired) electrons. The van der Waals surface area contributed by atoms with Crippen molar-refractivity contribution in [2.45, 2.75) is 18.4 Å². The Morgan fingerprint density at radius 2 is 2.00 bits per heavy atom. The Kier molecular flexibility index (Phi) is 3.96. The van der Waals surface area contributed by atoms with Gasteiger partial charge in [0.15, 0.2) is 0 Å². The van der Waals surface area contributed by atoms with Gasteiger partial charge in [0.2, 0.25) is 0 Å². The number of nitrogens with zero attached hydrogens (tertiary/aromatic N) is 3. The topological polar surface area (TPSA) is 65.8 Å². The molecule has 2 aromatic carbocycles. The minimum atomic E-state index is -0.702. The Morgan fingerprint density at radius 1 is 1.26 bits per heavy atom. The molecular weight excluding hydrogens is 293 g/mol. The van der Waals surface area contributed by atoms with E-state index in [1.54, 1.807) is 6.07 Å². The predicted molar refractivity (Wildman–Crippen MR) is 85.5 cm³/mol. The third-order valence-corrected chi connectivity index (χ3v) is 4.24. The highest BCUT2D eigenvalue weighted by Gasteiger charge is 2.32. The van der Waals surface area contributed by atoms with Crippen molar-refractivity contribution in [2.75, 3.05) is 0 Å². The van der Waals surface area contributed by atoms with Crippen molar-refractivity contribution in [1.29, 1.82) is 0 Å². The van der Waals surface area contributed by atoms with Crippen LogP contribution >= 0.6 is 0 Å². The molecule has 114 valence electrons. The first kappa shape index (κ1) is 15.0. The highest BCUT2D eigenvalue weighted by Crippen LogP contribution is 2.44. The monoisotopic (exact) mass is 307 g/mol. The van der Waals surface area contributed by atoms with Crippen molar-refractivity contribution >= 4 is 6.29 Å². The third kappa shape index (κ3) is 2.62. The van der Waals surface area contributed by atoms with Gasteiger partial charge >= 0.3 is 0 Å². The summed E-state index contributed by atoms with van der Waals surface area (Å²) in [5, 5.41) is 3.87. The Hall–Kier alpha value is -2.91. The van der Waals surface area contributed by atoms with E-state index >= 15 is 0 Å². The lowest BCUT2D eigenvalue weighted by Crippen LogP contribution is -2.12. The third-order valence-electron chi connectivity index (χ3n) is 4.24. The molecule has 0 aliphatic heterocycles. The lowest BCUT2D eigenvalue weighted by atomic mass is 9.83. The second kappa shape index (κ2) is 6.07. The first-order valence-electron chi connectivity index (χ1n) is 7.20. The number of azide groups is 1. The summed E-state index contributed by atoms with van der Waals surface area (Å²) in [5.41, 5.74) is 12.7. The lowest BCUT2D eigenvalue weighted by Gasteiger charge is -2.24. The Balaban J connectivity index is 2.32. The number of benzene rings is 2. The van der Waals surface area contributed by atoms with Crippen molar-refractivity contribution in [1.82, 2.24) is 0 Å². The summed E-state index contributed by atoms with van der Waals surface area (Å²) in [4.78, 5) is 14.3. The molecule has 0 unspecified atom stereocenters. The van der Waals surface area contributed by atoms with Crippen LogP contribution in [0.4, 0.5) is 4.39 Å². The van der Waals surface area contributed by atoms with E-state index in [2.05, 4.69) is 16.6 Å². The number of halogens is 1. The molecule has 0 heterocycles. The van der Waals surface area contributed by atoms with E-state index < -0.39 is 17.8 Å². The van der Waals surface area contributed by atoms with Crippen LogP contribution < -0.4 is 0 Å². The van der Waals surface area contributed by atoms with Gasteiger partial charge in [0.1, 0.15) is 12.1 Å². The van der Waals surface area contributed by atoms with E-state index in [0.717, 1.165) is 16.7 Å². The summed E-state index contributed by atoms with van der Waals surface area (Å²) >= 11 is 0. The Bertz CT molecular complexity index is 840. The average molecular weight is 307 g/mol. The SMILES string of the molecule is C=C(C=O)[C@@H]1c2ccccc2Cc2ccc(F)cc2[C@@H]1N=[N+]=[N-]. The number of carbonyl (C=O) groups is 1. The molecule has 0 N–H and O–H groups in total. The number of carbonyl (C=O) groups excluding carboxylic acids is 1. The molecule has 4 nitrogen and oxygen atoms in total. The molecule has 0 amide bonds. The van der Waals surface area contributed by atoms with Gasteiger partial charge in [0.25, 0.3) is 0 Å². The maximum atomic E-state index is 13.8. The van der Waals surface area contributed by atoms with E-state index in [4.69, 9.17) is 5.53 Å². The van der Waals surface area contributed by atoms with Crippen LogP contribution in [0, 0.1) is 5.82 Å². The number of hydrogen-bond acceptors (Lipinski definition) is 2. The largest absolute Gasteiger partial charge is 0.298 e. The second-order valence-corrected chi connectivity index (χ2v) is 5.54. The predicted octanol–water partition coefficient (Wildman–Crippen LogP) is 4.62. The summed E-state index contributed by atoms with van der Waals surface area (Å²) in [7, 11) is 0. The van der Waals surface area contributed by atoms with Gasteiger partial charge < -0.3 is 0 Å². The quantitative estimate of drug-likeness (QED) is 0.268. The smallest absolute Gasteiger partial charge is 0.146 e. The van der Waals surface area contributed by atoms with Gasteiger partial charge in [-0.3, -0.25) is 4.79 Å². The first-order chi connectivity index (χ1) is 11.2. The summed E-state index contributed by atoms with van der Waals surface area (Å²) < 4.78 is 13.8. The fourth-order valence-electron chi connectivity index (χ4n) is 3.22. The maximum Gasteiger partial charge on any atom is 0.146 e. The number of fused-ring (bicyclic) bond motifs is 2. The molecule has 23 heavy (non-hydrogen) atoms. The Morgan fingerprint density at radius 3 is 2.74 bits per heavy atom. The van der Waals surface area contributed by atoms with Gasteiger partial charge in [-0.15, -0.1) is 0 Å². The molecule has 0 fully saturated rings. The average Bonchev–Trinajstić information content (AvgIpc) is 2.69. The van der Waals surface area contributed by atoms with Crippen molar-refractivity contribution < 1.29 is 9.18 Å². The molecule has 0 saturated carbocycles. The fraction of sp³-hybridized carbons (Fsp3) is 0.167. The zero-order valence-electron chi connectivity index (χ0n) is 12.3. The van der Waals surface area contributed by atoms with Gasteiger partial charge in [-0.05, 0) is 51.9 Å². The van der Waals surface area contributed by atoms with Gasteiger partial charge in [0, 0.05) is 10.8 Å². The summed E-state index contributed by atoms with van der Waals surface area (Å²) in [6.45, 7) is 3.82. The minimum Gasteiger partial charge on any atom is -0.298 e. The number of hydrogen-bond donors (Lipinski definition) is 0. The Labute approximate surface area is 132 Å². The van der Waals surface area contributed by atoms with Crippen LogP contribution in [0.2, 0.25) is 0 Å². The molecule has 0 bridgehead atoms. The zero-order valence-corrected chi connectivity index (χ0v) is 12.3. The summed E-state index contributed by atoms with van der Waals surface area (Å²) in [6, 6.07) is 11.4. The summed E-state index contributed by atoms with van der Waals surface area (Å²) in [5.74, 6) is -0.897. The highest BCUT2D eigenvalue weighted by atomic mass is 19.1. The van der Waals surface area contributed by atoms with Crippen LogP contribution in [-0.4, -0.2) is 6.29 Å².